The summed E-state index contributed by atoms with van der Waals surface area (Å²) in [5.41, 5.74) is 14.0. The number of anilines is 2. The Hall–Kier alpha value is -0.890. The van der Waals surface area contributed by atoms with Gasteiger partial charge in [-0.2, -0.15) is 0 Å². The van der Waals surface area contributed by atoms with Gasteiger partial charge in [-0.3, -0.25) is 0 Å². The van der Waals surface area contributed by atoms with Crippen LogP contribution in [0.5, 0.6) is 0 Å². The Morgan fingerprint density at radius 2 is 1.75 bits per heavy atom. The Kier molecular flexibility index (Phi) is 3.90. The summed E-state index contributed by atoms with van der Waals surface area (Å²) in [6.07, 6.45) is 0. The van der Waals surface area contributed by atoms with Crippen LogP contribution in [0.3, 0.4) is 0 Å². The van der Waals surface area contributed by atoms with Crippen LogP contribution < -0.4 is 11.5 Å². The summed E-state index contributed by atoms with van der Waals surface area (Å²) < 4.78 is 0. The van der Waals surface area contributed by atoms with Gasteiger partial charge in [0.15, 0.2) is 0 Å². The van der Waals surface area contributed by atoms with Crippen LogP contribution in [0.4, 0.5) is 11.4 Å². The lowest BCUT2D eigenvalue weighted by Gasteiger charge is -2.08. The molecule has 0 atom stereocenters. The second-order valence-corrected chi connectivity index (χ2v) is 3.04. The molecule has 68 valence electrons. The number of nitrogens with two attached hydrogens (primary N) is 2. The van der Waals surface area contributed by atoms with E-state index >= 15 is 0 Å². The highest BCUT2D eigenvalue weighted by molar-refractivity contribution is 5.85. The number of benzene rings is 1. The highest BCUT2D eigenvalue weighted by atomic mass is 35.5. The van der Waals surface area contributed by atoms with Crippen LogP contribution in [-0.2, 0) is 0 Å². The zero-order chi connectivity index (χ0) is 8.43. The van der Waals surface area contributed by atoms with E-state index < -0.39 is 0 Å². The molecule has 0 amide bonds. The standard InChI is InChI=1S/C9H14N2.ClH/c1-6(2)8-4-3-7(10)5-9(8)11;/h3-6H,10-11H2,1-2H3;1H. The topological polar surface area (TPSA) is 52.0 Å². The zero-order valence-electron chi connectivity index (χ0n) is 7.37. The van der Waals surface area contributed by atoms with Gasteiger partial charge in [-0.05, 0) is 23.6 Å². The lowest BCUT2D eigenvalue weighted by atomic mass is 10.0. The first-order valence-corrected chi connectivity index (χ1v) is 3.76. The molecule has 0 aliphatic heterocycles. The first-order valence-electron chi connectivity index (χ1n) is 3.76. The molecule has 0 heterocycles. The summed E-state index contributed by atoms with van der Waals surface area (Å²) >= 11 is 0. The van der Waals surface area contributed by atoms with E-state index in [4.69, 9.17) is 11.5 Å². The lowest BCUT2D eigenvalue weighted by Crippen LogP contribution is -1.97. The highest BCUT2D eigenvalue weighted by Gasteiger charge is 2.02. The molecule has 0 aliphatic carbocycles. The van der Waals surface area contributed by atoms with Crippen LogP contribution in [0.25, 0.3) is 0 Å². The second kappa shape index (κ2) is 4.21. The van der Waals surface area contributed by atoms with Crippen molar-refractivity contribution in [3.05, 3.63) is 23.8 Å². The summed E-state index contributed by atoms with van der Waals surface area (Å²) in [5.74, 6) is 0.468. The van der Waals surface area contributed by atoms with Gasteiger partial charge in [-0.25, -0.2) is 0 Å². The summed E-state index contributed by atoms with van der Waals surface area (Å²) in [6.45, 7) is 4.23. The Bertz CT molecular complexity index is 259. The van der Waals surface area contributed by atoms with Gasteiger partial charge in [-0.15, -0.1) is 12.4 Å². The quantitative estimate of drug-likeness (QED) is 0.662. The predicted octanol–water partition coefficient (Wildman–Crippen LogP) is 2.40. The second-order valence-electron chi connectivity index (χ2n) is 3.04. The maximum absolute atomic E-state index is 5.74. The molecule has 0 spiro atoms. The highest BCUT2D eigenvalue weighted by Crippen LogP contribution is 2.23. The van der Waals surface area contributed by atoms with E-state index in [-0.39, 0.29) is 12.4 Å². The molecule has 1 aromatic rings. The number of nitrogen functional groups attached to an aromatic ring is 2. The molecule has 1 rings (SSSR count). The van der Waals surface area contributed by atoms with Gasteiger partial charge >= 0.3 is 0 Å². The van der Waals surface area contributed by atoms with Crippen molar-refractivity contribution in [1.29, 1.82) is 0 Å². The van der Waals surface area contributed by atoms with E-state index in [2.05, 4.69) is 13.8 Å². The first kappa shape index (κ1) is 11.1. The number of hydrogen-bond donors (Lipinski definition) is 2. The summed E-state index contributed by atoms with van der Waals surface area (Å²) in [5, 5.41) is 0. The van der Waals surface area contributed by atoms with Gasteiger partial charge in [-0.1, -0.05) is 19.9 Å². The van der Waals surface area contributed by atoms with Crippen LogP contribution in [0.15, 0.2) is 18.2 Å². The van der Waals surface area contributed by atoms with E-state index in [0.717, 1.165) is 11.4 Å². The van der Waals surface area contributed by atoms with Crippen molar-refractivity contribution in [1.82, 2.24) is 0 Å². The minimum absolute atomic E-state index is 0. The van der Waals surface area contributed by atoms with Gasteiger partial charge in [0.25, 0.3) is 0 Å². The average molecular weight is 187 g/mol. The van der Waals surface area contributed by atoms with Crippen molar-refractivity contribution in [2.75, 3.05) is 11.5 Å². The van der Waals surface area contributed by atoms with E-state index in [1.165, 1.54) is 5.56 Å². The summed E-state index contributed by atoms with van der Waals surface area (Å²) in [6, 6.07) is 5.66. The molecule has 2 nitrogen and oxygen atoms in total. The van der Waals surface area contributed by atoms with E-state index in [9.17, 15) is 0 Å². The number of rotatable bonds is 1. The SMILES string of the molecule is CC(C)c1ccc(N)cc1N.Cl. The van der Waals surface area contributed by atoms with Crippen LogP contribution in [0, 0.1) is 0 Å². The zero-order valence-corrected chi connectivity index (χ0v) is 8.19. The van der Waals surface area contributed by atoms with Crippen LogP contribution in [0.2, 0.25) is 0 Å². The van der Waals surface area contributed by atoms with Crippen molar-refractivity contribution in [2.45, 2.75) is 19.8 Å². The molecular formula is C9H15ClN2. The molecule has 0 radical (unpaired) electrons. The minimum Gasteiger partial charge on any atom is -0.399 e. The maximum atomic E-state index is 5.74. The third-order valence-corrected chi connectivity index (χ3v) is 1.73. The number of halogens is 1. The van der Waals surface area contributed by atoms with Gasteiger partial charge in [0.1, 0.15) is 0 Å². The fourth-order valence-corrected chi connectivity index (χ4v) is 1.12. The molecule has 1 aromatic carbocycles. The van der Waals surface area contributed by atoms with Crippen LogP contribution >= 0.6 is 12.4 Å². The van der Waals surface area contributed by atoms with Gasteiger partial charge in [0.2, 0.25) is 0 Å². The maximum Gasteiger partial charge on any atom is 0.0369 e. The third-order valence-electron chi connectivity index (χ3n) is 1.73. The normalized spacial score (nSPS) is 9.58. The van der Waals surface area contributed by atoms with E-state index in [1.54, 1.807) is 6.07 Å². The Balaban J connectivity index is 0.00000121. The molecule has 0 bridgehead atoms. The molecule has 0 saturated carbocycles. The predicted molar refractivity (Wildman–Crippen MR) is 56.6 cm³/mol. The molecule has 12 heavy (non-hydrogen) atoms. The summed E-state index contributed by atoms with van der Waals surface area (Å²) in [7, 11) is 0. The first-order chi connectivity index (χ1) is 5.11. The fraction of sp³-hybridized carbons (Fsp3) is 0.333. The molecule has 4 N–H and O–H groups in total. The van der Waals surface area contributed by atoms with E-state index in [1.807, 2.05) is 12.1 Å². The van der Waals surface area contributed by atoms with E-state index in [0.29, 0.717) is 5.92 Å². The Labute approximate surface area is 79.4 Å². The van der Waals surface area contributed by atoms with Crippen LogP contribution in [-0.4, -0.2) is 0 Å². The molecule has 0 saturated heterocycles. The average Bonchev–Trinajstić information content (AvgIpc) is 1.85. The molecule has 0 aliphatic rings. The third kappa shape index (κ3) is 2.31. The summed E-state index contributed by atoms with van der Waals surface area (Å²) in [4.78, 5) is 0. The van der Waals surface area contributed by atoms with Crippen molar-refractivity contribution < 1.29 is 0 Å². The Morgan fingerprint density at radius 1 is 1.17 bits per heavy atom. The molecule has 3 heteroatoms. The van der Waals surface area contributed by atoms with Crippen molar-refractivity contribution in [2.24, 2.45) is 0 Å². The van der Waals surface area contributed by atoms with Gasteiger partial charge in [0.05, 0.1) is 0 Å². The molecule has 0 aromatic heterocycles. The lowest BCUT2D eigenvalue weighted by molar-refractivity contribution is 0.870. The largest absolute Gasteiger partial charge is 0.399 e. The van der Waals surface area contributed by atoms with Crippen molar-refractivity contribution in [3.8, 4) is 0 Å². The number of hydrogen-bond acceptors (Lipinski definition) is 2. The van der Waals surface area contributed by atoms with Gasteiger partial charge in [0, 0.05) is 11.4 Å². The van der Waals surface area contributed by atoms with Crippen molar-refractivity contribution in [3.63, 3.8) is 0 Å². The van der Waals surface area contributed by atoms with Crippen molar-refractivity contribution >= 4 is 23.8 Å². The minimum atomic E-state index is 0. The molecule has 0 fully saturated rings. The van der Waals surface area contributed by atoms with Crippen LogP contribution in [0.1, 0.15) is 25.3 Å². The molecular weight excluding hydrogens is 172 g/mol. The molecule has 0 unspecified atom stereocenters. The monoisotopic (exact) mass is 186 g/mol. The Morgan fingerprint density at radius 3 is 2.17 bits per heavy atom. The fourth-order valence-electron chi connectivity index (χ4n) is 1.12. The van der Waals surface area contributed by atoms with Gasteiger partial charge < -0.3 is 11.5 Å². The smallest absolute Gasteiger partial charge is 0.0369 e.